The Bertz CT molecular complexity index is 1170. The molecule has 2 aromatic carbocycles. The molecule has 5 rings (SSSR count). The first-order valence-corrected chi connectivity index (χ1v) is 13.9. The monoisotopic (exact) mass is 555 g/mol. The second-order valence-corrected chi connectivity index (χ2v) is 11.6. The third kappa shape index (κ3) is 6.96. The normalized spacial score (nSPS) is 21.6. The Hall–Kier alpha value is -3.53. The van der Waals surface area contributed by atoms with Crippen molar-refractivity contribution < 1.29 is 32.9 Å². The summed E-state index contributed by atoms with van der Waals surface area (Å²) >= 11 is 0. The second kappa shape index (κ2) is 11.9. The standard InChI is InChI=1S/C30H38FN3O6/c1-30(2,3)40-29(36)32-11-9-26(10-12-32)39-27-14-22(31)13-23(15-27)34-24-16-33(17-25(34)20-37-19-24)28(35)38-18-21-7-5-4-6-8-21/h4-8,13-15,24-26H,9-12,16-20H2,1-3H3/t24-,25+. The number of amides is 2. The molecule has 2 amide bonds. The highest BCUT2D eigenvalue weighted by Gasteiger charge is 2.41. The Morgan fingerprint density at radius 1 is 0.950 bits per heavy atom. The van der Waals surface area contributed by atoms with Crippen LogP contribution in [0.2, 0.25) is 0 Å². The van der Waals surface area contributed by atoms with Crippen molar-refractivity contribution in [1.82, 2.24) is 9.80 Å². The molecule has 0 spiro atoms. The van der Waals surface area contributed by atoms with E-state index in [1.165, 1.54) is 12.1 Å². The number of carbonyl (C=O) groups excluding carboxylic acids is 2. The van der Waals surface area contributed by atoms with Gasteiger partial charge in [0.1, 0.15) is 29.9 Å². The maximum absolute atomic E-state index is 14.8. The number of piperidine rings is 1. The minimum atomic E-state index is -0.542. The number of hydrogen-bond acceptors (Lipinski definition) is 7. The van der Waals surface area contributed by atoms with Gasteiger partial charge in [0, 0.05) is 56.8 Å². The van der Waals surface area contributed by atoms with E-state index in [2.05, 4.69) is 4.90 Å². The number of piperazine rings is 1. The number of morpholine rings is 1. The minimum absolute atomic E-state index is 0.132. The summed E-state index contributed by atoms with van der Waals surface area (Å²) in [6, 6.07) is 14.1. The van der Waals surface area contributed by atoms with Crippen LogP contribution < -0.4 is 9.64 Å². The number of nitrogens with zero attached hydrogens (tertiary/aromatic N) is 3. The topological polar surface area (TPSA) is 80.8 Å². The van der Waals surface area contributed by atoms with E-state index in [4.69, 9.17) is 18.9 Å². The molecule has 0 saturated carbocycles. The molecule has 40 heavy (non-hydrogen) atoms. The first kappa shape index (κ1) is 28.0. The quantitative estimate of drug-likeness (QED) is 0.523. The Kier molecular flexibility index (Phi) is 8.35. The van der Waals surface area contributed by atoms with Crippen LogP contribution in [-0.4, -0.2) is 85.2 Å². The van der Waals surface area contributed by atoms with Crippen molar-refractivity contribution in [3.05, 3.63) is 59.9 Å². The molecule has 0 aromatic heterocycles. The molecule has 2 aromatic rings. The molecule has 216 valence electrons. The molecule has 0 aliphatic carbocycles. The van der Waals surface area contributed by atoms with Gasteiger partial charge >= 0.3 is 12.2 Å². The summed E-state index contributed by atoms with van der Waals surface area (Å²) in [5, 5.41) is 0. The van der Waals surface area contributed by atoms with Crippen LogP contribution in [0.25, 0.3) is 0 Å². The Morgan fingerprint density at radius 3 is 2.27 bits per heavy atom. The molecule has 0 unspecified atom stereocenters. The van der Waals surface area contributed by atoms with Gasteiger partial charge in [0.15, 0.2) is 0 Å². The fraction of sp³-hybridized carbons (Fsp3) is 0.533. The van der Waals surface area contributed by atoms with Crippen molar-refractivity contribution in [3.63, 3.8) is 0 Å². The largest absolute Gasteiger partial charge is 0.490 e. The Labute approximate surface area is 234 Å². The fourth-order valence-corrected chi connectivity index (χ4v) is 5.49. The molecule has 3 aliphatic rings. The van der Waals surface area contributed by atoms with Gasteiger partial charge in [-0.2, -0.15) is 0 Å². The van der Waals surface area contributed by atoms with E-state index >= 15 is 0 Å². The lowest BCUT2D eigenvalue weighted by Gasteiger charge is -2.50. The number of ether oxygens (including phenoxy) is 4. The summed E-state index contributed by atoms with van der Waals surface area (Å²) in [6.45, 7) is 8.48. The van der Waals surface area contributed by atoms with Gasteiger partial charge in [0.2, 0.25) is 0 Å². The number of anilines is 1. The maximum Gasteiger partial charge on any atom is 0.410 e. The van der Waals surface area contributed by atoms with Gasteiger partial charge in [-0.05, 0) is 32.4 Å². The molecule has 0 N–H and O–H groups in total. The van der Waals surface area contributed by atoms with Gasteiger partial charge in [0.25, 0.3) is 0 Å². The third-order valence-corrected chi connectivity index (χ3v) is 7.28. The van der Waals surface area contributed by atoms with Gasteiger partial charge in [-0.25, -0.2) is 14.0 Å². The molecule has 3 heterocycles. The van der Waals surface area contributed by atoms with Gasteiger partial charge in [-0.1, -0.05) is 30.3 Å². The highest BCUT2D eigenvalue weighted by Crippen LogP contribution is 2.33. The van der Waals surface area contributed by atoms with E-state index in [9.17, 15) is 14.0 Å². The van der Waals surface area contributed by atoms with E-state index < -0.39 is 5.60 Å². The van der Waals surface area contributed by atoms with E-state index in [-0.39, 0.29) is 42.8 Å². The van der Waals surface area contributed by atoms with Gasteiger partial charge in [-0.15, -0.1) is 0 Å². The zero-order valence-corrected chi connectivity index (χ0v) is 23.4. The average molecular weight is 556 g/mol. The van der Waals surface area contributed by atoms with Gasteiger partial charge < -0.3 is 33.6 Å². The number of benzene rings is 2. The van der Waals surface area contributed by atoms with E-state index in [0.29, 0.717) is 63.7 Å². The van der Waals surface area contributed by atoms with Crippen LogP contribution in [0.1, 0.15) is 39.2 Å². The fourth-order valence-electron chi connectivity index (χ4n) is 5.49. The van der Waals surface area contributed by atoms with E-state index in [0.717, 1.165) is 5.56 Å². The van der Waals surface area contributed by atoms with Crippen molar-refractivity contribution in [2.75, 3.05) is 44.3 Å². The number of likely N-dealkylation sites (tertiary alicyclic amines) is 1. The van der Waals surface area contributed by atoms with Crippen molar-refractivity contribution >= 4 is 17.9 Å². The predicted molar refractivity (Wildman–Crippen MR) is 147 cm³/mol. The number of carbonyl (C=O) groups is 2. The molecule has 3 fully saturated rings. The van der Waals surface area contributed by atoms with Crippen LogP contribution in [0, 0.1) is 5.82 Å². The van der Waals surface area contributed by atoms with Gasteiger partial charge in [0.05, 0.1) is 25.3 Å². The summed E-state index contributed by atoms with van der Waals surface area (Å²) in [5.74, 6) is 0.0665. The molecule has 0 radical (unpaired) electrons. The number of hydrogen-bond donors (Lipinski definition) is 0. The maximum atomic E-state index is 14.8. The highest BCUT2D eigenvalue weighted by molar-refractivity contribution is 5.69. The van der Waals surface area contributed by atoms with E-state index in [1.54, 1.807) is 9.80 Å². The van der Waals surface area contributed by atoms with Crippen molar-refractivity contribution in [2.24, 2.45) is 0 Å². The van der Waals surface area contributed by atoms with Crippen molar-refractivity contribution in [1.29, 1.82) is 0 Å². The zero-order valence-electron chi connectivity index (χ0n) is 23.4. The molecule has 3 saturated heterocycles. The molecule has 9 nitrogen and oxygen atoms in total. The number of fused-ring (bicyclic) bond motifs is 2. The zero-order chi connectivity index (χ0) is 28.3. The van der Waals surface area contributed by atoms with E-state index in [1.807, 2.05) is 57.2 Å². The lowest BCUT2D eigenvalue weighted by atomic mass is 10.0. The summed E-state index contributed by atoms with van der Waals surface area (Å²) in [6.07, 6.45) is 0.451. The number of rotatable bonds is 5. The van der Waals surface area contributed by atoms with Crippen LogP contribution >= 0.6 is 0 Å². The molecular formula is C30H38FN3O6. The molecule has 10 heteroatoms. The second-order valence-electron chi connectivity index (χ2n) is 11.6. The van der Waals surface area contributed by atoms with Crippen molar-refractivity contribution in [3.8, 4) is 5.75 Å². The van der Waals surface area contributed by atoms with Crippen LogP contribution in [0.3, 0.4) is 0 Å². The minimum Gasteiger partial charge on any atom is -0.490 e. The van der Waals surface area contributed by atoms with Crippen LogP contribution in [0.5, 0.6) is 5.75 Å². The summed E-state index contributed by atoms with van der Waals surface area (Å²) in [5.41, 5.74) is 1.09. The predicted octanol–water partition coefficient (Wildman–Crippen LogP) is 4.83. The number of halogens is 1. The van der Waals surface area contributed by atoms with Crippen LogP contribution in [-0.2, 0) is 20.8 Å². The highest BCUT2D eigenvalue weighted by atomic mass is 19.1. The summed E-state index contributed by atoms with van der Waals surface area (Å²) < 4.78 is 37.8. The smallest absolute Gasteiger partial charge is 0.410 e. The third-order valence-electron chi connectivity index (χ3n) is 7.28. The molecule has 2 atom stereocenters. The Morgan fingerprint density at radius 2 is 1.62 bits per heavy atom. The first-order valence-electron chi connectivity index (χ1n) is 13.9. The molecule has 3 aliphatic heterocycles. The lowest BCUT2D eigenvalue weighted by molar-refractivity contribution is 0.0103. The average Bonchev–Trinajstić information content (AvgIpc) is 2.90. The lowest BCUT2D eigenvalue weighted by Crippen LogP contribution is -2.65. The van der Waals surface area contributed by atoms with Crippen LogP contribution in [0.15, 0.2) is 48.5 Å². The van der Waals surface area contributed by atoms with Gasteiger partial charge in [-0.3, -0.25) is 0 Å². The molecule has 2 bridgehead atoms. The van der Waals surface area contributed by atoms with Crippen LogP contribution in [0.4, 0.5) is 19.7 Å². The van der Waals surface area contributed by atoms with Crippen molar-refractivity contribution in [2.45, 2.75) is 64.0 Å². The summed E-state index contributed by atoms with van der Waals surface area (Å²) in [4.78, 5) is 30.8. The SMILES string of the molecule is CC(C)(C)OC(=O)N1CCC(Oc2cc(F)cc(N3[C@@H]4COC[C@H]3CN(C(=O)OCc3ccccc3)C4)c2)CC1. The first-order chi connectivity index (χ1) is 19.1. The molecular weight excluding hydrogens is 517 g/mol. The summed E-state index contributed by atoms with van der Waals surface area (Å²) in [7, 11) is 0. The Balaban J connectivity index is 1.20.